The number of thioether (sulfide) groups is 1. The molecule has 0 unspecified atom stereocenters. The summed E-state index contributed by atoms with van der Waals surface area (Å²) in [4.78, 5) is 19.7. The Morgan fingerprint density at radius 1 is 1.17 bits per heavy atom. The fraction of sp³-hybridized carbons (Fsp3) is 0.444. The van der Waals surface area contributed by atoms with E-state index >= 15 is 0 Å². The summed E-state index contributed by atoms with van der Waals surface area (Å²) in [6, 6.07) is 6.86. The van der Waals surface area contributed by atoms with Gasteiger partial charge in [0.1, 0.15) is 5.75 Å². The Kier molecular flexibility index (Phi) is 6.71. The van der Waals surface area contributed by atoms with E-state index in [1.165, 1.54) is 11.8 Å². The van der Waals surface area contributed by atoms with E-state index in [9.17, 15) is 9.90 Å². The van der Waals surface area contributed by atoms with Crippen LogP contribution in [0.4, 0.5) is 0 Å². The molecule has 2 rings (SSSR count). The van der Waals surface area contributed by atoms with E-state index in [2.05, 4.69) is 18.8 Å². The lowest BCUT2D eigenvalue weighted by molar-refractivity contribution is -0.122. The lowest BCUT2D eigenvalue weighted by Crippen LogP contribution is -2.30. The highest BCUT2D eigenvalue weighted by Crippen LogP contribution is 2.33. The molecule has 0 radical (unpaired) electrons. The first-order chi connectivity index (χ1) is 11.2. The largest absolute Gasteiger partial charge is 0.508 e. The number of hydrogen-bond acceptors (Lipinski definition) is 4. The Labute approximate surface area is 142 Å². The lowest BCUT2D eigenvalue weighted by atomic mass is 10.2. The van der Waals surface area contributed by atoms with Crippen LogP contribution >= 0.6 is 11.8 Å². The average molecular weight is 332 g/mol. The number of benzene rings is 1. The number of nitrogens with zero attached hydrogens (tertiary/aromatic N) is 2. The molecule has 4 nitrogen and oxygen atoms in total. The third kappa shape index (κ3) is 4.86. The van der Waals surface area contributed by atoms with Gasteiger partial charge in [0, 0.05) is 13.1 Å². The number of phenolic OH excluding ortho intramolecular Hbond substituents is 1. The molecular formula is C18H24N2O2S. The molecule has 1 N–H and O–H groups in total. The molecule has 1 aliphatic rings. The van der Waals surface area contributed by atoms with E-state index in [0.717, 1.165) is 49.5 Å². The van der Waals surface area contributed by atoms with E-state index < -0.39 is 0 Å². The number of carbonyl (C=O) groups is 1. The van der Waals surface area contributed by atoms with E-state index in [-0.39, 0.29) is 11.7 Å². The number of unbranched alkanes of at least 4 members (excludes halogenated alkanes) is 2. The van der Waals surface area contributed by atoms with Crippen molar-refractivity contribution in [3.8, 4) is 5.75 Å². The smallest absolute Gasteiger partial charge is 0.266 e. The summed E-state index contributed by atoms with van der Waals surface area (Å²) in [5.74, 6) is 0.260. The van der Waals surface area contributed by atoms with Gasteiger partial charge in [0.25, 0.3) is 5.91 Å². The lowest BCUT2D eigenvalue weighted by Gasteiger charge is -2.14. The van der Waals surface area contributed by atoms with Crippen LogP contribution in [0.5, 0.6) is 5.75 Å². The average Bonchev–Trinajstić information content (AvgIpc) is 2.83. The Hall–Kier alpha value is -1.75. The summed E-state index contributed by atoms with van der Waals surface area (Å²) in [5, 5.41) is 10.2. The van der Waals surface area contributed by atoms with Gasteiger partial charge < -0.3 is 5.11 Å². The first-order valence-corrected chi connectivity index (χ1v) is 9.02. The van der Waals surface area contributed by atoms with Crippen molar-refractivity contribution < 1.29 is 9.90 Å². The van der Waals surface area contributed by atoms with Crippen LogP contribution in [-0.4, -0.2) is 34.2 Å². The van der Waals surface area contributed by atoms with Gasteiger partial charge in [0.05, 0.1) is 4.91 Å². The molecule has 1 aromatic carbocycles. The topological polar surface area (TPSA) is 52.9 Å². The molecule has 1 aliphatic heterocycles. The van der Waals surface area contributed by atoms with Crippen molar-refractivity contribution in [3.05, 3.63) is 34.7 Å². The van der Waals surface area contributed by atoms with Crippen LogP contribution in [0.15, 0.2) is 34.2 Å². The number of amides is 1. The van der Waals surface area contributed by atoms with E-state index in [1.807, 2.05) is 6.08 Å². The van der Waals surface area contributed by atoms with Gasteiger partial charge >= 0.3 is 0 Å². The van der Waals surface area contributed by atoms with Crippen LogP contribution < -0.4 is 0 Å². The van der Waals surface area contributed by atoms with Crippen LogP contribution in [0.1, 0.15) is 45.1 Å². The molecule has 0 spiro atoms. The zero-order valence-corrected chi connectivity index (χ0v) is 14.6. The Bertz CT molecular complexity index is 594. The van der Waals surface area contributed by atoms with Crippen molar-refractivity contribution >= 4 is 28.9 Å². The summed E-state index contributed by atoms with van der Waals surface area (Å²) < 4.78 is 0. The van der Waals surface area contributed by atoms with Crippen molar-refractivity contribution in [1.82, 2.24) is 4.90 Å². The molecule has 1 heterocycles. The molecule has 1 aromatic rings. The van der Waals surface area contributed by atoms with E-state index in [1.54, 1.807) is 29.2 Å². The predicted molar refractivity (Wildman–Crippen MR) is 97.5 cm³/mol. The number of hydrogen-bond donors (Lipinski definition) is 1. The summed E-state index contributed by atoms with van der Waals surface area (Å²) in [5.41, 5.74) is 0.906. The summed E-state index contributed by atoms with van der Waals surface area (Å²) in [6.45, 7) is 5.74. The van der Waals surface area contributed by atoms with Gasteiger partial charge in [-0.2, -0.15) is 0 Å². The van der Waals surface area contributed by atoms with Crippen LogP contribution in [0.25, 0.3) is 6.08 Å². The molecule has 0 saturated carbocycles. The molecule has 0 aliphatic carbocycles. The van der Waals surface area contributed by atoms with Crippen molar-refractivity contribution in [1.29, 1.82) is 0 Å². The highest BCUT2D eigenvalue weighted by Gasteiger charge is 2.32. The maximum absolute atomic E-state index is 12.6. The maximum Gasteiger partial charge on any atom is 0.266 e. The second-order valence-corrected chi connectivity index (χ2v) is 6.54. The first-order valence-electron chi connectivity index (χ1n) is 8.20. The van der Waals surface area contributed by atoms with Gasteiger partial charge in [0.2, 0.25) is 0 Å². The van der Waals surface area contributed by atoms with Crippen LogP contribution in [0, 0.1) is 0 Å². The minimum absolute atomic E-state index is 0.0340. The van der Waals surface area contributed by atoms with Crippen molar-refractivity contribution in [3.63, 3.8) is 0 Å². The molecule has 0 atom stereocenters. The van der Waals surface area contributed by atoms with E-state index in [4.69, 9.17) is 0 Å². The van der Waals surface area contributed by atoms with Crippen molar-refractivity contribution in [2.45, 2.75) is 39.5 Å². The second kappa shape index (κ2) is 8.77. The number of aromatic hydroxyl groups is 1. The van der Waals surface area contributed by atoms with Gasteiger partial charge in [-0.25, -0.2) is 0 Å². The van der Waals surface area contributed by atoms with Gasteiger partial charge in [-0.1, -0.05) is 38.8 Å². The number of amidine groups is 1. The minimum atomic E-state index is 0.0340. The maximum atomic E-state index is 12.6. The Balaban J connectivity index is 2.19. The van der Waals surface area contributed by atoms with Gasteiger partial charge in [-0.05, 0) is 48.4 Å². The highest BCUT2D eigenvalue weighted by molar-refractivity contribution is 8.18. The molecule has 124 valence electrons. The van der Waals surface area contributed by atoms with Crippen LogP contribution in [0.2, 0.25) is 0 Å². The number of phenols is 1. The molecule has 5 heteroatoms. The van der Waals surface area contributed by atoms with Crippen molar-refractivity contribution in [2.24, 2.45) is 4.99 Å². The van der Waals surface area contributed by atoms with Gasteiger partial charge in [-0.3, -0.25) is 14.7 Å². The summed E-state index contributed by atoms with van der Waals surface area (Å²) in [7, 11) is 0. The third-order valence-electron chi connectivity index (χ3n) is 3.57. The van der Waals surface area contributed by atoms with Crippen LogP contribution in [0.3, 0.4) is 0 Å². The zero-order chi connectivity index (χ0) is 16.7. The number of carbonyl (C=O) groups excluding carboxylic acids is 1. The zero-order valence-electron chi connectivity index (χ0n) is 13.8. The molecule has 0 aromatic heterocycles. The number of aliphatic imine (C=N–C) groups is 1. The third-order valence-corrected chi connectivity index (χ3v) is 4.62. The molecule has 1 amide bonds. The monoisotopic (exact) mass is 332 g/mol. The molecule has 0 bridgehead atoms. The SMILES string of the molecule is CCCCN=C1SC(=Cc2ccc(O)cc2)C(=O)N1CCCC. The Morgan fingerprint density at radius 3 is 2.52 bits per heavy atom. The summed E-state index contributed by atoms with van der Waals surface area (Å²) in [6.07, 6.45) is 6.03. The predicted octanol–water partition coefficient (Wildman–Crippen LogP) is 4.26. The Morgan fingerprint density at radius 2 is 1.87 bits per heavy atom. The normalized spacial score (nSPS) is 18.3. The van der Waals surface area contributed by atoms with Crippen molar-refractivity contribution in [2.75, 3.05) is 13.1 Å². The number of rotatable bonds is 7. The first kappa shape index (κ1) is 17.6. The minimum Gasteiger partial charge on any atom is -0.508 e. The quantitative estimate of drug-likeness (QED) is 0.599. The van der Waals surface area contributed by atoms with Gasteiger partial charge in [-0.15, -0.1) is 0 Å². The van der Waals surface area contributed by atoms with E-state index in [0.29, 0.717) is 4.91 Å². The molecule has 1 saturated heterocycles. The van der Waals surface area contributed by atoms with Crippen LogP contribution in [-0.2, 0) is 4.79 Å². The fourth-order valence-corrected chi connectivity index (χ4v) is 3.22. The highest BCUT2D eigenvalue weighted by atomic mass is 32.2. The standard InChI is InChI=1S/C18H24N2O2S/c1-3-5-11-19-18-20(12-6-4-2)17(22)16(23-18)13-14-7-9-15(21)10-8-14/h7-10,13,21H,3-6,11-12H2,1-2H3. The molecular weight excluding hydrogens is 308 g/mol. The molecule has 23 heavy (non-hydrogen) atoms. The van der Waals surface area contributed by atoms with Gasteiger partial charge in [0.15, 0.2) is 5.17 Å². The second-order valence-electron chi connectivity index (χ2n) is 5.53. The summed E-state index contributed by atoms with van der Waals surface area (Å²) >= 11 is 1.45. The fourth-order valence-electron chi connectivity index (χ4n) is 2.19. The molecule has 1 fully saturated rings.